The van der Waals surface area contributed by atoms with E-state index in [1.54, 1.807) is 18.2 Å². The molecule has 8 nitrogen and oxygen atoms in total. The molecule has 0 unspecified atom stereocenters. The van der Waals surface area contributed by atoms with E-state index in [2.05, 4.69) is 18.0 Å². The number of carbonyl (C=O) groups is 2. The molecule has 36 heavy (non-hydrogen) atoms. The van der Waals surface area contributed by atoms with Gasteiger partial charge in [-0.1, -0.05) is 18.2 Å². The lowest BCUT2D eigenvalue weighted by Crippen LogP contribution is -2.66. The second kappa shape index (κ2) is 9.41. The Labute approximate surface area is 210 Å². The van der Waals surface area contributed by atoms with Crippen molar-refractivity contribution in [3.8, 4) is 11.5 Å². The number of rotatable bonds is 4. The van der Waals surface area contributed by atoms with Gasteiger partial charge in [0.2, 0.25) is 0 Å². The van der Waals surface area contributed by atoms with E-state index < -0.39 is 5.97 Å². The maximum atomic E-state index is 11.7. The van der Waals surface area contributed by atoms with Gasteiger partial charge in [-0.3, -0.25) is 4.79 Å². The van der Waals surface area contributed by atoms with Crippen LogP contribution in [0, 0.1) is 5.92 Å². The number of carboxylic acid groups (broad SMARTS) is 1. The van der Waals surface area contributed by atoms with Gasteiger partial charge in [-0.15, -0.1) is 0 Å². The minimum Gasteiger partial charge on any atom is -0.504 e. The van der Waals surface area contributed by atoms with Gasteiger partial charge in [0.15, 0.2) is 11.5 Å². The molecule has 2 aromatic carbocycles. The monoisotopic (exact) mass is 495 g/mol. The predicted octanol–water partition coefficient (Wildman–Crippen LogP) is 3.52. The fraction of sp³-hybridized carbons (Fsp3) is 0.500. The molecule has 1 saturated carbocycles. The molecule has 4 aliphatic rings. The van der Waals surface area contributed by atoms with Gasteiger partial charge in [0, 0.05) is 23.9 Å². The number of aromatic hydroxyl groups is 1. The number of likely N-dealkylation sites (tertiary alicyclic amines) is 1. The third-order valence-electron chi connectivity index (χ3n) is 8.38. The van der Waals surface area contributed by atoms with Crippen LogP contribution in [0.3, 0.4) is 0 Å². The molecule has 2 heterocycles. The summed E-state index contributed by atoms with van der Waals surface area (Å²) in [5.74, 6) is 0.303. The average molecular weight is 496 g/mol. The van der Waals surface area contributed by atoms with Crippen molar-refractivity contribution < 1.29 is 34.0 Å². The van der Waals surface area contributed by atoms with Crippen LogP contribution >= 0.6 is 0 Å². The largest absolute Gasteiger partial charge is 0.504 e. The van der Waals surface area contributed by atoms with Crippen molar-refractivity contribution in [3.63, 3.8) is 0 Å². The van der Waals surface area contributed by atoms with E-state index in [4.69, 9.17) is 24.1 Å². The molecule has 2 aromatic rings. The molecular formula is C28H33NO7. The van der Waals surface area contributed by atoms with Crippen LogP contribution in [-0.4, -0.2) is 66.0 Å². The maximum absolute atomic E-state index is 11.7. The number of carbonyl (C=O) groups excluding carboxylic acids is 1. The van der Waals surface area contributed by atoms with Crippen molar-refractivity contribution in [2.45, 2.75) is 62.9 Å². The number of piperidine rings is 1. The molecule has 8 heteroatoms. The second-order valence-electron chi connectivity index (χ2n) is 10.3. The topological polar surface area (TPSA) is 106 Å². The number of carboxylic acids is 1. The van der Waals surface area contributed by atoms with E-state index in [-0.39, 0.29) is 29.3 Å². The van der Waals surface area contributed by atoms with Crippen LogP contribution in [0.1, 0.15) is 53.2 Å². The highest BCUT2D eigenvalue weighted by Gasteiger charge is 2.65. The molecule has 2 bridgehead atoms. The lowest BCUT2D eigenvalue weighted by atomic mass is 9.51. The van der Waals surface area contributed by atoms with Crippen LogP contribution < -0.4 is 4.74 Å². The van der Waals surface area contributed by atoms with Crippen LogP contribution in [0.2, 0.25) is 0 Å². The van der Waals surface area contributed by atoms with Crippen molar-refractivity contribution in [1.29, 1.82) is 0 Å². The fourth-order valence-electron chi connectivity index (χ4n) is 6.92. The molecule has 192 valence electrons. The van der Waals surface area contributed by atoms with Crippen LogP contribution in [0.15, 0.2) is 36.4 Å². The Balaban J connectivity index is 0.000000623. The van der Waals surface area contributed by atoms with E-state index >= 15 is 0 Å². The number of likely N-dealkylation sites (N-methyl/N-ethyl adjacent to an activating group) is 1. The van der Waals surface area contributed by atoms with Gasteiger partial charge in [0.1, 0.15) is 6.10 Å². The number of hydrogen-bond donors (Lipinski definition) is 2. The predicted molar refractivity (Wildman–Crippen MR) is 131 cm³/mol. The molecule has 2 N–H and O–H groups in total. The van der Waals surface area contributed by atoms with Gasteiger partial charge in [-0.2, -0.15) is 0 Å². The van der Waals surface area contributed by atoms with Crippen LogP contribution in [-0.2, 0) is 32.7 Å². The normalized spacial score (nSPS) is 29.3. The Morgan fingerprint density at radius 2 is 1.89 bits per heavy atom. The van der Waals surface area contributed by atoms with Crippen LogP contribution in [0.5, 0.6) is 11.5 Å². The third kappa shape index (κ3) is 3.92. The fourth-order valence-corrected chi connectivity index (χ4v) is 6.92. The van der Waals surface area contributed by atoms with Gasteiger partial charge < -0.3 is 29.3 Å². The molecule has 2 aliphatic carbocycles. The molecule has 1 spiro atoms. The molecule has 1 saturated heterocycles. The van der Waals surface area contributed by atoms with E-state index in [0.717, 1.165) is 44.7 Å². The van der Waals surface area contributed by atoms with E-state index in [0.29, 0.717) is 29.9 Å². The number of nitrogens with zero attached hydrogens (tertiary/aromatic N) is 1. The number of aliphatic carboxylic acids is 1. The Kier molecular flexibility index (Phi) is 6.43. The van der Waals surface area contributed by atoms with Crippen molar-refractivity contribution in [2.24, 2.45) is 5.92 Å². The standard InChI is InChI=1S/C26H29NO5.C2H4O2/c1-27-12-11-26-18-8-10-21(31-14-15-3-5-16(6-4-15)25(29)30-2)24(26)32-23-20(28)9-7-17(22(23)26)13-19(18)27;1-2(3)4/h3-7,9,18-19,21,24,28H,8,10-14H2,1-2H3;1H3,(H,3,4)/t18-,19+,21-,24-,26-;/m0./s1. The minimum absolute atomic E-state index is 0.0339. The molecule has 2 fully saturated rings. The summed E-state index contributed by atoms with van der Waals surface area (Å²) in [5, 5.41) is 18.0. The summed E-state index contributed by atoms with van der Waals surface area (Å²) < 4.78 is 17.8. The summed E-state index contributed by atoms with van der Waals surface area (Å²) in [6.45, 7) is 2.59. The molecule has 0 aromatic heterocycles. The van der Waals surface area contributed by atoms with Crippen LogP contribution in [0.25, 0.3) is 0 Å². The first-order valence-corrected chi connectivity index (χ1v) is 12.5. The molecule has 0 amide bonds. The van der Waals surface area contributed by atoms with E-state index in [1.807, 2.05) is 12.1 Å². The second-order valence-corrected chi connectivity index (χ2v) is 10.3. The molecule has 0 radical (unpaired) electrons. The van der Waals surface area contributed by atoms with E-state index in [1.165, 1.54) is 18.2 Å². The molecule has 2 aliphatic heterocycles. The smallest absolute Gasteiger partial charge is 0.337 e. The first-order chi connectivity index (χ1) is 17.3. The zero-order valence-corrected chi connectivity index (χ0v) is 20.9. The average Bonchev–Trinajstić information content (AvgIpc) is 3.22. The maximum Gasteiger partial charge on any atom is 0.337 e. The van der Waals surface area contributed by atoms with Crippen molar-refractivity contribution >= 4 is 11.9 Å². The first kappa shape index (κ1) is 24.6. The highest BCUT2D eigenvalue weighted by Crippen LogP contribution is 2.63. The minimum atomic E-state index is -0.833. The summed E-state index contributed by atoms with van der Waals surface area (Å²) in [4.78, 5) is 23.2. The Morgan fingerprint density at radius 1 is 1.17 bits per heavy atom. The lowest BCUT2D eigenvalue weighted by Gasteiger charge is -2.58. The van der Waals surface area contributed by atoms with Crippen LogP contribution in [0.4, 0.5) is 0 Å². The summed E-state index contributed by atoms with van der Waals surface area (Å²) in [6.07, 6.45) is 4.01. The van der Waals surface area contributed by atoms with Gasteiger partial charge >= 0.3 is 5.97 Å². The first-order valence-electron chi connectivity index (χ1n) is 12.5. The van der Waals surface area contributed by atoms with Gasteiger partial charge in [0.05, 0.1) is 25.4 Å². The van der Waals surface area contributed by atoms with E-state index in [9.17, 15) is 9.90 Å². The summed E-state index contributed by atoms with van der Waals surface area (Å²) in [5.41, 5.74) is 4.06. The number of benzene rings is 2. The summed E-state index contributed by atoms with van der Waals surface area (Å²) in [6, 6.07) is 11.8. The number of esters is 1. The van der Waals surface area contributed by atoms with Crippen molar-refractivity contribution in [1.82, 2.24) is 4.90 Å². The molecule has 5 atom stereocenters. The zero-order valence-electron chi connectivity index (χ0n) is 20.9. The Morgan fingerprint density at radius 3 is 2.58 bits per heavy atom. The van der Waals surface area contributed by atoms with Gasteiger partial charge in [-0.25, -0.2) is 4.79 Å². The molecular weight excluding hydrogens is 462 g/mol. The summed E-state index contributed by atoms with van der Waals surface area (Å²) >= 11 is 0. The number of phenols is 1. The number of ether oxygens (including phenoxy) is 3. The highest BCUT2D eigenvalue weighted by molar-refractivity contribution is 5.89. The number of hydrogen-bond acceptors (Lipinski definition) is 7. The number of methoxy groups -OCH3 is 1. The lowest BCUT2D eigenvalue weighted by molar-refractivity contribution is -0.134. The third-order valence-corrected chi connectivity index (χ3v) is 8.38. The Bertz CT molecular complexity index is 1160. The Hall–Kier alpha value is -3.10. The van der Waals surface area contributed by atoms with Gasteiger partial charge in [-0.05, 0) is 74.5 Å². The van der Waals surface area contributed by atoms with Gasteiger partial charge in [0.25, 0.3) is 5.97 Å². The number of phenolic OH excluding ortho intramolecular Hbond substituents is 1. The highest BCUT2D eigenvalue weighted by atomic mass is 16.6. The summed E-state index contributed by atoms with van der Waals surface area (Å²) in [7, 11) is 3.63. The molecule has 6 rings (SSSR count). The SMILES string of the molecule is CC(=O)O.COC(=O)c1ccc(CO[C@H]2CC[C@H]3[C@H]4Cc5ccc(O)c6c5[C@@]3(CCN4C)[C@H]2O6)cc1. The van der Waals surface area contributed by atoms with Crippen molar-refractivity contribution in [2.75, 3.05) is 20.7 Å². The quantitative estimate of drug-likeness (QED) is 0.621. The zero-order chi connectivity index (χ0) is 25.6. The van der Waals surface area contributed by atoms with Crippen molar-refractivity contribution in [3.05, 3.63) is 58.7 Å².